The van der Waals surface area contributed by atoms with Crippen molar-refractivity contribution in [2.24, 2.45) is 17.3 Å². The molecule has 0 aromatic heterocycles. The Morgan fingerprint density at radius 2 is 1.85 bits per heavy atom. The van der Waals surface area contributed by atoms with E-state index in [2.05, 4.69) is 44.8 Å². The molecule has 120 valence electrons. The standard InChI is InChI=1S/C16H32F2N2/c1-12(2)9-20-10-13(7-16(3,4)5)6-14(11-20)19-8-15(17)18/h12-15,19H,6-11H2,1-5H3. The predicted molar refractivity (Wildman–Crippen MR) is 81.3 cm³/mol. The van der Waals surface area contributed by atoms with E-state index in [1.807, 2.05) is 0 Å². The van der Waals surface area contributed by atoms with Gasteiger partial charge in [0.05, 0.1) is 6.54 Å². The van der Waals surface area contributed by atoms with Crippen molar-refractivity contribution >= 4 is 0 Å². The SMILES string of the molecule is CC(C)CN1CC(CC(C)(C)C)CC(NCC(F)F)C1. The highest BCUT2D eigenvalue weighted by Crippen LogP contribution is 2.30. The molecule has 1 fully saturated rings. The highest BCUT2D eigenvalue weighted by Gasteiger charge is 2.30. The van der Waals surface area contributed by atoms with Crippen LogP contribution >= 0.6 is 0 Å². The van der Waals surface area contributed by atoms with Crippen molar-refractivity contribution in [2.45, 2.75) is 59.9 Å². The van der Waals surface area contributed by atoms with Crippen molar-refractivity contribution in [1.82, 2.24) is 10.2 Å². The predicted octanol–water partition coefficient (Wildman–Crippen LogP) is 3.62. The van der Waals surface area contributed by atoms with Crippen LogP contribution in [0.4, 0.5) is 8.78 Å². The smallest absolute Gasteiger partial charge is 0.250 e. The molecule has 20 heavy (non-hydrogen) atoms. The minimum Gasteiger partial charge on any atom is -0.307 e. The Morgan fingerprint density at radius 1 is 1.20 bits per heavy atom. The Kier molecular flexibility index (Phi) is 6.86. The topological polar surface area (TPSA) is 15.3 Å². The van der Waals surface area contributed by atoms with Gasteiger partial charge in [-0.2, -0.15) is 0 Å². The summed E-state index contributed by atoms with van der Waals surface area (Å²) < 4.78 is 24.8. The van der Waals surface area contributed by atoms with Crippen LogP contribution in [-0.4, -0.2) is 43.5 Å². The van der Waals surface area contributed by atoms with Crippen molar-refractivity contribution in [1.29, 1.82) is 0 Å². The average molecular weight is 290 g/mol. The lowest BCUT2D eigenvalue weighted by Gasteiger charge is -2.41. The summed E-state index contributed by atoms with van der Waals surface area (Å²) in [6, 6.07) is 0.212. The van der Waals surface area contributed by atoms with Crippen LogP contribution in [0.1, 0.15) is 47.5 Å². The number of alkyl halides is 2. The third kappa shape index (κ3) is 7.53. The molecule has 4 heteroatoms. The minimum atomic E-state index is -2.25. The molecule has 1 aliphatic heterocycles. The monoisotopic (exact) mass is 290 g/mol. The summed E-state index contributed by atoms with van der Waals surface area (Å²) in [5.41, 5.74) is 0.304. The first kappa shape index (κ1) is 17.8. The molecule has 1 aliphatic rings. The Hall–Kier alpha value is -0.220. The van der Waals surface area contributed by atoms with Gasteiger partial charge in [-0.15, -0.1) is 0 Å². The lowest BCUT2D eigenvalue weighted by Crippen LogP contribution is -2.51. The second-order valence-electron chi connectivity index (χ2n) is 7.98. The van der Waals surface area contributed by atoms with Gasteiger partial charge in [-0.25, -0.2) is 8.78 Å². The van der Waals surface area contributed by atoms with Crippen LogP contribution in [0, 0.1) is 17.3 Å². The molecule has 2 nitrogen and oxygen atoms in total. The Balaban J connectivity index is 2.57. The first-order valence-corrected chi connectivity index (χ1v) is 7.89. The third-order valence-corrected chi connectivity index (χ3v) is 3.70. The van der Waals surface area contributed by atoms with Gasteiger partial charge in [0.1, 0.15) is 0 Å². The van der Waals surface area contributed by atoms with Crippen LogP contribution in [0.5, 0.6) is 0 Å². The maximum absolute atomic E-state index is 12.4. The fourth-order valence-corrected chi connectivity index (χ4v) is 3.39. The third-order valence-electron chi connectivity index (χ3n) is 3.70. The molecule has 1 rings (SSSR count). The average Bonchev–Trinajstić information content (AvgIpc) is 2.22. The van der Waals surface area contributed by atoms with E-state index >= 15 is 0 Å². The molecule has 0 aromatic rings. The molecular formula is C16H32F2N2. The summed E-state index contributed by atoms with van der Waals surface area (Å²) >= 11 is 0. The van der Waals surface area contributed by atoms with Crippen molar-refractivity contribution in [2.75, 3.05) is 26.2 Å². The molecule has 0 radical (unpaired) electrons. The Morgan fingerprint density at radius 3 is 2.35 bits per heavy atom. The molecule has 1 N–H and O–H groups in total. The highest BCUT2D eigenvalue weighted by molar-refractivity contribution is 4.86. The molecule has 0 aromatic carbocycles. The van der Waals surface area contributed by atoms with E-state index in [4.69, 9.17) is 0 Å². The fourth-order valence-electron chi connectivity index (χ4n) is 3.39. The van der Waals surface area contributed by atoms with Gasteiger partial charge >= 0.3 is 0 Å². The van der Waals surface area contributed by atoms with Crippen LogP contribution < -0.4 is 5.32 Å². The summed E-state index contributed by atoms with van der Waals surface area (Å²) in [7, 11) is 0. The van der Waals surface area contributed by atoms with Gasteiger partial charge < -0.3 is 10.2 Å². The van der Waals surface area contributed by atoms with Crippen molar-refractivity contribution in [3.63, 3.8) is 0 Å². The zero-order chi connectivity index (χ0) is 15.3. The molecule has 0 spiro atoms. The second-order valence-corrected chi connectivity index (χ2v) is 7.98. The summed E-state index contributed by atoms with van der Waals surface area (Å²) in [5, 5.41) is 3.05. The van der Waals surface area contributed by atoms with Gasteiger partial charge in [-0.1, -0.05) is 34.6 Å². The van der Waals surface area contributed by atoms with E-state index in [-0.39, 0.29) is 12.6 Å². The number of hydrogen-bond acceptors (Lipinski definition) is 2. The summed E-state index contributed by atoms with van der Waals surface area (Å²) in [5.74, 6) is 1.23. The van der Waals surface area contributed by atoms with Crippen LogP contribution in [0.15, 0.2) is 0 Å². The Bertz CT molecular complexity index is 274. The molecule has 0 amide bonds. The van der Waals surface area contributed by atoms with E-state index in [0.717, 1.165) is 32.5 Å². The van der Waals surface area contributed by atoms with E-state index in [1.165, 1.54) is 0 Å². The molecule has 0 saturated carbocycles. The normalized spacial score (nSPS) is 25.6. The second kappa shape index (κ2) is 7.69. The maximum Gasteiger partial charge on any atom is 0.250 e. The summed E-state index contributed by atoms with van der Waals surface area (Å²) in [4.78, 5) is 2.45. The van der Waals surface area contributed by atoms with Crippen LogP contribution in [0.2, 0.25) is 0 Å². The zero-order valence-electron chi connectivity index (χ0n) is 13.8. The lowest BCUT2D eigenvalue weighted by atomic mass is 9.80. The number of nitrogens with zero attached hydrogens (tertiary/aromatic N) is 1. The summed E-state index contributed by atoms with van der Waals surface area (Å²) in [6.07, 6.45) is -0.0657. The molecule has 0 aliphatic carbocycles. The van der Waals surface area contributed by atoms with Gasteiger partial charge in [-0.05, 0) is 30.1 Å². The number of hydrogen-bond donors (Lipinski definition) is 1. The van der Waals surface area contributed by atoms with Crippen molar-refractivity contribution in [3.8, 4) is 0 Å². The number of nitrogens with one attached hydrogen (secondary N) is 1. The largest absolute Gasteiger partial charge is 0.307 e. The maximum atomic E-state index is 12.4. The minimum absolute atomic E-state index is 0.178. The zero-order valence-corrected chi connectivity index (χ0v) is 13.8. The number of piperidine rings is 1. The van der Waals surface area contributed by atoms with Gasteiger partial charge in [-0.3, -0.25) is 0 Å². The van der Waals surface area contributed by atoms with Gasteiger partial charge in [0, 0.05) is 25.7 Å². The molecule has 0 bridgehead atoms. The lowest BCUT2D eigenvalue weighted by molar-refractivity contribution is 0.0881. The van der Waals surface area contributed by atoms with Crippen LogP contribution in [0.3, 0.4) is 0 Å². The Labute approximate surface area is 123 Å². The van der Waals surface area contributed by atoms with Crippen molar-refractivity contribution in [3.05, 3.63) is 0 Å². The molecule has 1 heterocycles. The van der Waals surface area contributed by atoms with E-state index < -0.39 is 6.43 Å². The molecule has 2 atom stereocenters. The first-order valence-electron chi connectivity index (χ1n) is 7.89. The fraction of sp³-hybridized carbons (Fsp3) is 1.00. The number of rotatable bonds is 6. The first-order chi connectivity index (χ1) is 9.15. The van der Waals surface area contributed by atoms with E-state index in [1.54, 1.807) is 0 Å². The molecular weight excluding hydrogens is 258 g/mol. The van der Waals surface area contributed by atoms with Gasteiger partial charge in [0.25, 0.3) is 6.43 Å². The number of halogens is 2. The van der Waals surface area contributed by atoms with E-state index in [9.17, 15) is 8.78 Å². The van der Waals surface area contributed by atoms with Crippen molar-refractivity contribution < 1.29 is 8.78 Å². The van der Waals surface area contributed by atoms with E-state index in [0.29, 0.717) is 17.3 Å². The summed E-state index contributed by atoms with van der Waals surface area (Å²) in [6.45, 7) is 14.1. The van der Waals surface area contributed by atoms with Crippen LogP contribution in [0.25, 0.3) is 0 Å². The quantitative estimate of drug-likeness (QED) is 0.803. The molecule has 1 saturated heterocycles. The number of likely N-dealkylation sites (tertiary alicyclic amines) is 1. The van der Waals surface area contributed by atoms with Crippen LogP contribution in [-0.2, 0) is 0 Å². The molecule has 2 unspecified atom stereocenters. The van der Waals surface area contributed by atoms with Gasteiger partial charge in [0.2, 0.25) is 0 Å². The highest BCUT2D eigenvalue weighted by atomic mass is 19.3. The van der Waals surface area contributed by atoms with Gasteiger partial charge in [0.15, 0.2) is 0 Å².